The minimum Gasteiger partial charge on any atom is -0.482 e. The van der Waals surface area contributed by atoms with Gasteiger partial charge in [0.05, 0.1) is 5.69 Å². The molecule has 0 saturated carbocycles. The van der Waals surface area contributed by atoms with Crippen molar-refractivity contribution in [2.45, 2.75) is 32.8 Å². The van der Waals surface area contributed by atoms with Crippen LogP contribution in [-0.4, -0.2) is 43.2 Å². The highest BCUT2D eigenvalue weighted by molar-refractivity contribution is 6.03. The van der Waals surface area contributed by atoms with Crippen LogP contribution in [0.2, 0.25) is 0 Å². The minimum atomic E-state index is -0.638. The molecule has 1 aliphatic heterocycles. The Balaban J connectivity index is 1.64. The summed E-state index contributed by atoms with van der Waals surface area (Å²) >= 11 is 0. The minimum absolute atomic E-state index is 0.139. The van der Waals surface area contributed by atoms with E-state index in [0.717, 1.165) is 5.56 Å². The van der Waals surface area contributed by atoms with E-state index in [1.165, 1.54) is 4.90 Å². The standard InChI is InChI=1S/C23H27N3O5/c1-23(2,3)31-22(29)25-17-9-10-19-18(13-17)26(21(28)15-30-19)14-20(27)24-12-11-16-7-5-4-6-8-16/h4-10,13H,11-12,14-15H2,1-3H3,(H,24,27)(H,25,29). The van der Waals surface area contributed by atoms with Crippen molar-refractivity contribution in [1.29, 1.82) is 0 Å². The van der Waals surface area contributed by atoms with Crippen molar-refractivity contribution in [3.63, 3.8) is 0 Å². The molecule has 0 saturated heterocycles. The Kier molecular flexibility index (Phi) is 6.79. The fourth-order valence-electron chi connectivity index (χ4n) is 3.07. The van der Waals surface area contributed by atoms with E-state index in [9.17, 15) is 14.4 Å². The lowest BCUT2D eigenvalue weighted by Gasteiger charge is -2.29. The van der Waals surface area contributed by atoms with Crippen molar-refractivity contribution in [2.75, 3.05) is 29.9 Å². The first-order valence-electron chi connectivity index (χ1n) is 10.1. The molecule has 0 aliphatic carbocycles. The first-order valence-corrected chi connectivity index (χ1v) is 10.1. The fourth-order valence-corrected chi connectivity index (χ4v) is 3.07. The molecule has 1 heterocycles. The summed E-state index contributed by atoms with van der Waals surface area (Å²) in [6, 6.07) is 14.7. The van der Waals surface area contributed by atoms with Gasteiger partial charge < -0.3 is 14.8 Å². The average molecular weight is 425 g/mol. The fraction of sp³-hybridized carbons (Fsp3) is 0.348. The highest BCUT2D eigenvalue weighted by atomic mass is 16.6. The van der Waals surface area contributed by atoms with Crippen LogP contribution < -0.4 is 20.3 Å². The molecule has 0 spiro atoms. The molecule has 3 amide bonds. The first kappa shape index (κ1) is 22.1. The molecule has 1 aliphatic rings. The smallest absolute Gasteiger partial charge is 0.412 e. The molecule has 2 aromatic rings. The van der Waals surface area contributed by atoms with E-state index in [2.05, 4.69) is 10.6 Å². The van der Waals surface area contributed by atoms with Crippen molar-refractivity contribution in [3.05, 3.63) is 54.1 Å². The molecule has 8 nitrogen and oxygen atoms in total. The van der Waals surface area contributed by atoms with Crippen LogP contribution in [0.5, 0.6) is 5.75 Å². The number of hydrogen-bond acceptors (Lipinski definition) is 5. The van der Waals surface area contributed by atoms with Crippen molar-refractivity contribution < 1.29 is 23.9 Å². The Hall–Kier alpha value is -3.55. The quantitative estimate of drug-likeness (QED) is 0.741. The van der Waals surface area contributed by atoms with E-state index in [-0.39, 0.29) is 25.0 Å². The van der Waals surface area contributed by atoms with Crippen molar-refractivity contribution >= 4 is 29.3 Å². The zero-order chi connectivity index (χ0) is 22.4. The van der Waals surface area contributed by atoms with Crippen molar-refractivity contribution in [1.82, 2.24) is 5.32 Å². The summed E-state index contributed by atoms with van der Waals surface area (Å²) in [4.78, 5) is 38.3. The molecule has 0 fully saturated rings. The third-order valence-electron chi connectivity index (χ3n) is 4.43. The van der Waals surface area contributed by atoms with E-state index in [1.807, 2.05) is 30.3 Å². The number of nitrogens with zero attached hydrogens (tertiary/aromatic N) is 1. The van der Waals surface area contributed by atoms with E-state index in [4.69, 9.17) is 9.47 Å². The predicted molar refractivity (Wildman–Crippen MR) is 117 cm³/mol. The summed E-state index contributed by atoms with van der Waals surface area (Å²) in [5.41, 5.74) is 1.33. The summed E-state index contributed by atoms with van der Waals surface area (Å²) in [6.45, 7) is 5.48. The van der Waals surface area contributed by atoms with Gasteiger partial charge in [-0.3, -0.25) is 19.8 Å². The van der Waals surface area contributed by atoms with Gasteiger partial charge in [-0.2, -0.15) is 0 Å². The lowest BCUT2D eigenvalue weighted by atomic mass is 10.1. The lowest BCUT2D eigenvalue weighted by molar-refractivity contribution is -0.125. The zero-order valence-corrected chi connectivity index (χ0v) is 17.9. The number of anilines is 2. The van der Waals surface area contributed by atoms with Gasteiger partial charge in [0.25, 0.3) is 5.91 Å². The largest absolute Gasteiger partial charge is 0.482 e. The average Bonchev–Trinajstić information content (AvgIpc) is 2.69. The second-order valence-electron chi connectivity index (χ2n) is 8.16. The van der Waals surface area contributed by atoms with E-state index < -0.39 is 11.7 Å². The molecule has 0 atom stereocenters. The summed E-state index contributed by atoms with van der Waals surface area (Å²) < 4.78 is 10.7. The molecular formula is C23H27N3O5. The van der Waals surface area contributed by atoms with Crippen LogP contribution in [0.1, 0.15) is 26.3 Å². The van der Waals surface area contributed by atoms with Gasteiger partial charge in [0.1, 0.15) is 17.9 Å². The van der Waals surface area contributed by atoms with Crippen LogP contribution in [0.15, 0.2) is 48.5 Å². The van der Waals surface area contributed by atoms with E-state index >= 15 is 0 Å². The van der Waals surface area contributed by atoms with Gasteiger partial charge >= 0.3 is 6.09 Å². The van der Waals surface area contributed by atoms with Gasteiger partial charge in [0.15, 0.2) is 6.61 Å². The number of carbonyl (C=O) groups is 3. The maximum atomic E-state index is 12.4. The number of benzene rings is 2. The summed E-state index contributed by atoms with van der Waals surface area (Å²) in [5.74, 6) is -0.144. The van der Waals surface area contributed by atoms with E-state index in [1.54, 1.807) is 39.0 Å². The molecule has 0 radical (unpaired) electrons. The Bertz CT molecular complexity index is 953. The molecule has 31 heavy (non-hydrogen) atoms. The van der Waals surface area contributed by atoms with Crippen LogP contribution in [-0.2, 0) is 20.7 Å². The first-order chi connectivity index (χ1) is 14.7. The number of amides is 3. The van der Waals surface area contributed by atoms with Crippen LogP contribution in [0.25, 0.3) is 0 Å². The molecule has 0 aromatic heterocycles. The zero-order valence-electron chi connectivity index (χ0n) is 17.9. The van der Waals surface area contributed by atoms with Gasteiger partial charge in [-0.1, -0.05) is 30.3 Å². The highest BCUT2D eigenvalue weighted by Gasteiger charge is 2.28. The number of carbonyl (C=O) groups excluding carboxylic acids is 3. The van der Waals surface area contributed by atoms with Crippen LogP contribution in [0, 0.1) is 0 Å². The molecular weight excluding hydrogens is 398 g/mol. The number of nitrogens with one attached hydrogen (secondary N) is 2. The Morgan fingerprint density at radius 1 is 1.13 bits per heavy atom. The monoisotopic (exact) mass is 425 g/mol. The van der Waals surface area contributed by atoms with Gasteiger partial charge in [0.2, 0.25) is 5.91 Å². The Morgan fingerprint density at radius 3 is 2.58 bits per heavy atom. The molecule has 2 aromatic carbocycles. The van der Waals surface area contributed by atoms with Gasteiger partial charge in [-0.15, -0.1) is 0 Å². The predicted octanol–water partition coefficient (Wildman–Crippen LogP) is 3.12. The third kappa shape index (κ3) is 6.47. The summed E-state index contributed by atoms with van der Waals surface area (Å²) in [7, 11) is 0. The summed E-state index contributed by atoms with van der Waals surface area (Å²) in [5, 5.41) is 5.47. The third-order valence-corrected chi connectivity index (χ3v) is 4.43. The van der Waals surface area contributed by atoms with Crippen LogP contribution in [0.3, 0.4) is 0 Å². The van der Waals surface area contributed by atoms with Crippen molar-refractivity contribution in [2.24, 2.45) is 0 Å². The van der Waals surface area contributed by atoms with E-state index in [0.29, 0.717) is 30.1 Å². The maximum absolute atomic E-state index is 12.4. The van der Waals surface area contributed by atoms with Gasteiger partial charge in [-0.25, -0.2) is 4.79 Å². The van der Waals surface area contributed by atoms with Crippen molar-refractivity contribution in [3.8, 4) is 5.75 Å². The molecule has 0 unspecified atom stereocenters. The van der Waals surface area contributed by atoms with Crippen LogP contribution >= 0.6 is 0 Å². The lowest BCUT2D eigenvalue weighted by Crippen LogP contribution is -2.45. The number of ether oxygens (including phenoxy) is 2. The normalized spacial score (nSPS) is 13.1. The SMILES string of the molecule is CC(C)(C)OC(=O)Nc1ccc2c(c1)N(CC(=O)NCCc1ccccc1)C(=O)CO2. The molecule has 3 rings (SSSR count). The molecule has 2 N–H and O–H groups in total. The number of hydrogen-bond donors (Lipinski definition) is 2. The van der Waals surface area contributed by atoms with Gasteiger partial charge in [-0.05, 0) is 51.0 Å². The Labute approximate surface area is 181 Å². The number of fused-ring (bicyclic) bond motifs is 1. The summed E-state index contributed by atoms with van der Waals surface area (Å²) in [6.07, 6.45) is 0.0881. The van der Waals surface area contributed by atoms with Crippen LogP contribution in [0.4, 0.5) is 16.2 Å². The Morgan fingerprint density at radius 2 is 1.87 bits per heavy atom. The second-order valence-corrected chi connectivity index (χ2v) is 8.16. The highest BCUT2D eigenvalue weighted by Crippen LogP contribution is 2.34. The molecule has 8 heteroatoms. The molecule has 164 valence electrons. The second kappa shape index (κ2) is 9.51. The molecule has 0 bridgehead atoms. The topological polar surface area (TPSA) is 97.0 Å². The van der Waals surface area contributed by atoms with Gasteiger partial charge in [0, 0.05) is 12.2 Å². The number of rotatable bonds is 6. The maximum Gasteiger partial charge on any atom is 0.412 e.